The van der Waals surface area contributed by atoms with Gasteiger partial charge in [0.2, 0.25) is 0 Å². The molecular weight excluding hydrogens is 234 g/mol. The molecule has 0 saturated heterocycles. The van der Waals surface area contributed by atoms with E-state index in [1.165, 1.54) is 29.7 Å². The van der Waals surface area contributed by atoms with Crippen molar-refractivity contribution in [2.24, 2.45) is 0 Å². The third-order valence-electron chi connectivity index (χ3n) is 4.14. The van der Waals surface area contributed by atoms with Crippen LogP contribution in [0, 0.1) is 11.3 Å². The van der Waals surface area contributed by atoms with Crippen LogP contribution in [-0.4, -0.2) is 4.57 Å². The molecule has 1 aromatic rings. The van der Waals surface area contributed by atoms with Crippen molar-refractivity contribution in [3.63, 3.8) is 0 Å². The quantitative estimate of drug-likeness (QED) is 0.880. The fourth-order valence-corrected chi connectivity index (χ4v) is 3.16. The van der Waals surface area contributed by atoms with Crippen LogP contribution >= 0.6 is 0 Å². The zero-order valence-electron chi connectivity index (χ0n) is 11.2. The van der Waals surface area contributed by atoms with Crippen molar-refractivity contribution in [1.82, 2.24) is 4.57 Å². The Morgan fingerprint density at radius 1 is 1.26 bits per heavy atom. The summed E-state index contributed by atoms with van der Waals surface area (Å²) < 4.78 is 2.16. The molecule has 98 valence electrons. The van der Waals surface area contributed by atoms with Crippen LogP contribution in [0.15, 0.2) is 23.8 Å². The Labute approximate surface area is 114 Å². The summed E-state index contributed by atoms with van der Waals surface area (Å²) in [5.74, 6) is 0.661. The van der Waals surface area contributed by atoms with Crippen molar-refractivity contribution < 1.29 is 0 Å². The van der Waals surface area contributed by atoms with E-state index in [1.54, 1.807) is 0 Å². The van der Waals surface area contributed by atoms with Gasteiger partial charge in [0, 0.05) is 12.2 Å². The first-order valence-corrected chi connectivity index (χ1v) is 7.06. The van der Waals surface area contributed by atoms with Crippen molar-refractivity contribution in [2.75, 3.05) is 5.73 Å². The predicted octanol–water partition coefficient (Wildman–Crippen LogP) is 3.10. The minimum atomic E-state index is 0.661. The fourth-order valence-electron chi connectivity index (χ4n) is 3.16. The van der Waals surface area contributed by atoms with Gasteiger partial charge < -0.3 is 10.3 Å². The van der Waals surface area contributed by atoms with E-state index in [9.17, 15) is 5.26 Å². The summed E-state index contributed by atoms with van der Waals surface area (Å²) in [5, 5.41) is 9.32. The molecule has 0 spiro atoms. The molecule has 3 heteroatoms. The number of fused-ring (bicyclic) bond motifs is 1. The van der Waals surface area contributed by atoms with Crippen LogP contribution in [0.2, 0.25) is 0 Å². The summed E-state index contributed by atoms with van der Waals surface area (Å²) in [4.78, 5) is 0. The van der Waals surface area contributed by atoms with Gasteiger partial charge in [-0.25, -0.2) is 0 Å². The standard InChI is InChI=1S/C16H19N3/c17-10-14-13-8-4-5-9-15(13)19(16(14)18)11-12-6-2-1-3-7-12/h2,6-7H,1,3-5,8-9,11,18H2. The Hall–Kier alpha value is -1.95. The van der Waals surface area contributed by atoms with Gasteiger partial charge in [0.1, 0.15) is 11.9 Å². The van der Waals surface area contributed by atoms with Crippen molar-refractivity contribution in [1.29, 1.82) is 5.26 Å². The Morgan fingerprint density at radius 2 is 2.11 bits per heavy atom. The molecule has 1 aromatic heterocycles. The maximum Gasteiger partial charge on any atom is 0.122 e. The smallest absolute Gasteiger partial charge is 0.122 e. The zero-order chi connectivity index (χ0) is 13.2. The molecule has 19 heavy (non-hydrogen) atoms. The number of rotatable bonds is 2. The molecule has 0 atom stereocenters. The number of nitrogens with two attached hydrogens (primary N) is 1. The van der Waals surface area contributed by atoms with Crippen LogP contribution in [0.25, 0.3) is 0 Å². The van der Waals surface area contributed by atoms with Gasteiger partial charge in [-0.05, 0) is 49.7 Å². The highest BCUT2D eigenvalue weighted by molar-refractivity contribution is 5.59. The highest BCUT2D eigenvalue weighted by Gasteiger charge is 2.23. The van der Waals surface area contributed by atoms with Gasteiger partial charge in [-0.2, -0.15) is 5.26 Å². The largest absolute Gasteiger partial charge is 0.384 e. The van der Waals surface area contributed by atoms with Crippen LogP contribution in [0.5, 0.6) is 0 Å². The van der Waals surface area contributed by atoms with Gasteiger partial charge in [0.25, 0.3) is 0 Å². The van der Waals surface area contributed by atoms with Crippen LogP contribution in [0.1, 0.15) is 42.5 Å². The topological polar surface area (TPSA) is 54.7 Å². The van der Waals surface area contributed by atoms with E-state index in [0.717, 1.165) is 37.8 Å². The second-order valence-corrected chi connectivity index (χ2v) is 5.35. The van der Waals surface area contributed by atoms with E-state index in [-0.39, 0.29) is 0 Å². The first-order chi connectivity index (χ1) is 9.31. The van der Waals surface area contributed by atoms with Gasteiger partial charge in [-0.3, -0.25) is 0 Å². The molecule has 1 heterocycles. The van der Waals surface area contributed by atoms with Gasteiger partial charge in [-0.15, -0.1) is 0 Å². The molecule has 0 bridgehead atoms. The van der Waals surface area contributed by atoms with Crippen molar-refractivity contribution in [3.05, 3.63) is 40.6 Å². The van der Waals surface area contributed by atoms with E-state index in [2.05, 4.69) is 28.9 Å². The molecule has 2 N–H and O–H groups in total. The third kappa shape index (κ3) is 2.08. The minimum absolute atomic E-state index is 0.661. The predicted molar refractivity (Wildman–Crippen MR) is 76.7 cm³/mol. The van der Waals surface area contributed by atoms with E-state index in [1.807, 2.05) is 0 Å². The van der Waals surface area contributed by atoms with Gasteiger partial charge in [0.05, 0.1) is 5.56 Å². The number of nitrogen functional groups attached to an aromatic ring is 1. The van der Waals surface area contributed by atoms with E-state index in [0.29, 0.717) is 5.82 Å². The first kappa shape index (κ1) is 12.1. The Bertz CT molecular complexity index is 596. The SMILES string of the molecule is N#Cc1c2c(n(CC3=CCCC=C3)c1N)CCCC2. The lowest BCUT2D eigenvalue weighted by Gasteiger charge is -2.17. The molecule has 2 aliphatic carbocycles. The Morgan fingerprint density at radius 3 is 2.84 bits per heavy atom. The second kappa shape index (κ2) is 4.97. The average Bonchev–Trinajstić information content (AvgIpc) is 2.73. The normalized spacial score (nSPS) is 17.7. The van der Waals surface area contributed by atoms with Crippen LogP contribution < -0.4 is 5.73 Å². The number of nitrogens with zero attached hydrogens (tertiary/aromatic N) is 2. The molecule has 0 amide bonds. The van der Waals surface area contributed by atoms with E-state index >= 15 is 0 Å². The van der Waals surface area contributed by atoms with Crippen molar-refractivity contribution >= 4 is 5.82 Å². The molecule has 0 unspecified atom stereocenters. The lowest BCUT2D eigenvalue weighted by Crippen LogP contribution is -2.11. The van der Waals surface area contributed by atoms with Crippen LogP contribution in [-0.2, 0) is 19.4 Å². The molecule has 0 aliphatic heterocycles. The number of allylic oxidation sites excluding steroid dienone is 4. The molecule has 0 radical (unpaired) electrons. The highest BCUT2D eigenvalue weighted by atomic mass is 15.1. The fraction of sp³-hybridized carbons (Fsp3) is 0.438. The van der Waals surface area contributed by atoms with Crippen molar-refractivity contribution in [3.8, 4) is 6.07 Å². The lowest BCUT2D eigenvalue weighted by molar-refractivity contribution is 0.632. The molecule has 0 saturated carbocycles. The maximum absolute atomic E-state index is 9.32. The minimum Gasteiger partial charge on any atom is -0.384 e. The average molecular weight is 253 g/mol. The lowest BCUT2D eigenvalue weighted by atomic mass is 9.95. The van der Waals surface area contributed by atoms with E-state index < -0.39 is 0 Å². The number of hydrogen-bond donors (Lipinski definition) is 1. The molecule has 2 aliphatic rings. The maximum atomic E-state index is 9.32. The van der Waals surface area contributed by atoms with Crippen molar-refractivity contribution in [2.45, 2.75) is 45.1 Å². The van der Waals surface area contributed by atoms with Crippen LogP contribution in [0.3, 0.4) is 0 Å². The van der Waals surface area contributed by atoms with Gasteiger partial charge >= 0.3 is 0 Å². The zero-order valence-corrected chi connectivity index (χ0v) is 11.2. The molecule has 3 nitrogen and oxygen atoms in total. The molecular formula is C16H19N3. The number of aromatic nitrogens is 1. The van der Waals surface area contributed by atoms with Gasteiger partial charge in [0.15, 0.2) is 0 Å². The summed E-state index contributed by atoms with van der Waals surface area (Å²) in [5.41, 5.74) is 10.7. The second-order valence-electron chi connectivity index (χ2n) is 5.35. The molecule has 3 rings (SSSR count). The summed E-state index contributed by atoms with van der Waals surface area (Å²) in [6.07, 6.45) is 13.4. The Balaban J connectivity index is 2.01. The van der Waals surface area contributed by atoms with Gasteiger partial charge in [-0.1, -0.05) is 18.2 Å². The summed E-state index contributed by atoms with van der Waals surface area (Å²) >= 11 is 0. The number of nitriles is 1. The number of hydrogen-bond acceptors (Lipinski definition) is 2. The molecule has 0 aromatic carbocycles. The van der Waals surface area contributed by atoms with E-state index in [4.69, 9.17) is 5.73 Å². The third-order valence-corrected chi connectivity index (χ3v) is 4.14. The summed E-state index contributed by atoms with van der Waals surface area (Å²) in [6.45, 7) is 0.812. The number of anilines is 1. The Kier molecular flexibility index (Phi) is 3.16. The summed E-state index contributed by atoms with van der Waals surface area (Å²) in [7, 11) is 0. The first-order valence-electron chi connectivity index (χ1n) is 7.06. The van der Waals surface area contributed by atoms with Crippen LogP contribution in [0.4, 0.5) is 5.82 Å². The molecule has 0 fully saturated rings. The highest BCUT2D eigenvalue weighted by Crippen LogP contribution is 2.32. The monoisotopic (exact) mass is 253 g/mol. The summed E-state index contributed by atoms with van der Waals surface area (Å²) in [6, 6.07) is 2.30.